The Labute approximate surface area is 404 Å². The van der Waals surface area contributed by atoms with Gasteiger partial charge in [0.15, 0.2) is 0 Å². The summed E-state index contributed by atoms with van der Waals surface area (Å²) >= 11 is 0. The Morgan fingerprint density at radius 2 is 0.723 bits per heavy atom. The third-order valence-electron chi connectivity index (χ3n) is 13.1. The highest BCUT2D eigenvalue weighted by atomic mass is 16.5. The molecule has 6 nitrogen and oxygen atoms in total. The molecule has 0 fully saturated rings. The molecule has 0 heterocycles. The molecular weight excluding hydrogens is 803 g/mol. The number of amides is 1. The van der Waals surface area contributed by atoms with Crippen LogP contribution < -0.4 is 5.32 Å². The van der Waals surface area contributed by atoms with Crippen molar-refractivity contribution < 1.29 is 24.5 Å². The van der Waals surface area contributed by atoms with Crippen LogP contribution in [0.1, 0.15) is 303 Å². The van der Waals surface area contributed by atoms with Crippen molar-refractivity contribution in [3.63, 3.8) is 0 Å². The minimum absolute atomic E-state index is 0.0132. The predicted molar refractivity (Wildman–Crippen MR) is 283 cm³/mol. The molecule has 2 unspecified atom stereocenters. The van der Waals surface area contributed by atoms with Crippen LogP contribution in [0.5, 0.6) is 0 Å². The normalized spacial score (nSPS) is 12.9. The second-order valence-electron chi connectivity index (χ2n) is 19.6. The van der Waals surface area contributed by atoms with E-state index in [0.717, 1.165) is 64.2 Å². The van der Waals surface area contributed by atoms with Gasteiger partial charge in [0.05, 0.1) is 25.4 Å². The van der Waals surface area contributed by atoms with Gasteiger partial charge < -0.3 is 20.3 Å². The fourth-order valence-electron chi connectivity index (χ4n) is 8.68. The molecule has 0 saturated carbocycles. The quantitative estimate of drug-likeness (QED) is 0.0321. The lowest BCUT2D eigenvalue weighted by Gasteiger charge is -2.20. The molecule has 0 saturated heterocycles. The Hall–Kier alpha value is -1.92. The largest absolute Gasteiger partial charge is 0.466 e. The fourth-order valence-corrected chi connectivity index (χ4v) is 8.68. The molecule has 0 aliphatic carbocycles. The van der Waals surface area contributed by atoms with Crippen molar-refractivity contribution in [2.24, 2.45) is 0 Å². The second-order valence-corrected chi connectivity index (χ2v) is 19.6. The van der Waals surface area contributed by atoms with Crippen LogP contribution in [0.15, 0.2) is 36.5 Å². The monoisotopic (exact) mass is 914 g/mol. The summed E-state index contributed by atoms with van der Waals surface area (Å²) in [6.45, 7) is 4.87. The predicted octanol–water partition coefficient (Wildman–Crippen LogP) is 17.6. The van der Waals surface area contributed by atoms with Gasteiger partial charge in [0.25, 0.3) is 0 Å². The van der Waals surface area contributed by atoms with E-state index in [1.165, 1.54) is 212 Å². The first-order valence-electron chi connectivity index (χ1n) is 28.8. The number of aliphatic hydroxyl groups excluding tert-OH is 2. The van der Waals surface area contributed by atoms with E-state index in [1.54, 1.807) is 6.08 Å². The molecule has 0 aromatic carbocycles. The SMILES string of the molecule is CCCCCC/C=C\CCCCCCCC(=O)OCCCCCCCCC/C=C\CCCCCCCC(=O)NC(CO)C(O)/C=C/CCCCCCCCCCCCCCCCCCC. The van der Waals surface area contributed by atoms with Gasteiger partial charge in [-0.2, -0.15) is 0 Å². The van der Waals surface area contributed by atoms with E-state index < -0.39 is 12.1 Å². The van der Waals surface area contributed by atoms with Gasteiger partial charge in [-0.15, -0.1) is 0 Å². The summed E-state index contributed by atoms with van der Waals surface area (Å²) < 4.78 is 5.45. The summed E-state index contributed by atoms with van der Waals surface area (Å²) in [5, 5.41) is 23.1. The van der Waals surface area contributed by atoms with Crippen LogP contribution in [0, 0.1) is 0 Å². The molecule has 0 aromatic heterocycles. The summed E-state index contributed by atoms with van der Waals surface area (Å²) in [7, 11) is 0. The smallest absolute Gasteiger partial charge is 0.305 e. The van der Waals surface area contributed by atoms with Crippen LogP contribution in [0.4, 0.5) is 0 Å². The average molecular weight is 915 g/mol. The van der Waals surface area contributed by atoms with Crippen molar-refractivity contribution in [1.29, 1.82) is 0 Å². The Kier molecular flexibility index (Phi) is 53.1. The first-order valence-corrected chi connectivity index (χ1v) is 28.8. The highest BCUT2D eigenvalue weighted by molar-refractivity contribution is 5.76. The third-order valence-corrected chi connectivity index (χ3v) is 13.1. The second kappa shape index (κ2) is 54.7. The summed E-state index contributed by atoms with van der Waals surface area (Å²) in [6, 6.07) is -0.641. The van der Waals surface area contributed by atoms with Gasteiger partial charge in [-0.1, -0.05) is 243 Å². The molecule has 65 heavy (non-hydrogen) atoms. The van der Waals surface area contributed by atoms with Gasteiger partial charge >= 0.3 is 5.97 Å². The summed E-state index contributed by atoms with van der Waals surface area (Å²) in [4.78, 5) is 24.5. The zero-order valence-corrected chi connectivity index (χ0v) is 43.5. The maximum Gasteiger partial charge on any atom is 0.305 e. The number of carbonyl (C=O) groups excluding carboxylic acids is 2. The van der Waals surface area contributed by atoms with Gasteiger partial charge in [-0.3, -0.25) is 9.59 Å². The maximum absolute atomic E-state index is 12.5. The minimum atomic E-state index is -0.856. The number of hydrogen-bond acceptors (Lipinski definition) is 5. The van der Waals surface area contributed by atoms with E-state index in [-0.39, 0.29) is 18.5 Å². The van der Waals surface area contributed by atoms with Crippen molar-refractivity contribution in [1.82, 2.24) is 5.32 Å². The van der Waals surface area contributed by atoms with Crippen molar-refractivity contribution in [2.75, 3.05) is 13.2 Å². The number of unbranched alkanes of at least 4 members (excludes halogenated alkanes) is 38. The minimum Gasteiger partial charge on any atom is -0.466 e. The highest BCUT2D eigenvalue weighted by Crippen LogP contribution is 2.16. The van der Waals surface area contributed by atoms with Crippen LogP contribution in [0.2, 0.25) is 0 Å². The van der Waals surface area contributed by atoms with Gasteiger partial charge in [0, 0.05) is 12.8 Å². The van der Waals surface area contributed by atoms with Crippen LogP contribution in [0.25, 0.3) is 0 Å². The van der Waals surface area contributed by atoms with Crippen molar-refractivity contribution >= 4 is 11.9 Å². The first-order chi connectivity index (χ1) is 32.0. The molecule has 0 bridgehead atoms. The van der Waals surface area contributed by atoms with Crippen molar-refractivity contribution in [3.05, 3.63) is 36.5 Å². The van der Waals surface area contributed by atoms with Gasteiger partial charge in [-0.25, -0.2) is 0 Å². The van der Waals surface area contributed by atoms with Crippen LogP contribution in [0.3, 0.4) is 0 Å². The number of allylic oxidation sites excluding steroid dienone is 5. The zero-order chi connectivity index (χ0) is 47.2. The van der Waals surface area contributed by atoms with Crippen LogP contribution in [-0.2, 0) is 14.3 Å². The van der Waals surface area contributed by atoms with Gasteiger partial charge in [0.1, 0.15) is 0 Å². The lowest BCUT2D eigenvalue weighted by atomic mass is 10.0. The molecule has 0 aliphatic rings. The Morgan fingerprint density at radius 3 is 1.11 bits per heavy atom. The number of esters is 1. The van der Waals surface area contributed by atoms with E-state index in [4.69, 9.17) is 4.74 Å². The van der Waals surface area contributed by atoms with E-state index in [9.17, 15) is 19.8 Å². The zero-order valence-electron chi connectivity index (χ0n) is 43.5. The highest BCUT2D eigenvalue weighted by Gasteiger charge is 2.18. The Balaban J connectivity index is 3.51. The Morgan fingerprint density at radius 1 is 0.415 bits per heavy atom. The van der Waals surface area contributed by atoms with E-state index in [0.29, 0.717) is 19.4 Å². The number of nitrogens with one attached hydrogen (secondary N) is 1. The number of carbonyl (C=O) groups is 2. The molecule has 6 heteroatoms. The molecule has 0 radical (unpaired) electrons. The molecule has 1 amide bonds. The fraction of sp³-hybridized carbons (Fsp3) is 0.864. The van der Waals surface area contributed by atoms with E-state index in [2.05, 4.69) is 43.5 Å². The molecule has 3 N–H and O–H groups in total. The van der Waals surface area contributed by atoms with E-state index in [1.807, 2.05) is 6.08 Å². The number of rotatable bonds is 53. The number of aliphatic hydroxyl groups is 2. The van der Waals surface area contributed by atoms with Crippen LogP contribution >= 0.6 is 0 Å². The average Bonchev–Trinajstić information content (AvgIpc) is 3.31. The molecule has 0 spiro atoms. The summed E-state index contributed by atoms with van der Waals surface area (Å²) in [5.41, 5.74) is 0. The lowest BCUT2D eigenvalue weighted by Crippen LogP contribution is -2.45. The van der Waals surface area contributed by atoms with E-state index >= 15 is 0 Å². The topological polar surface area (TPSA) is 95.9 Å². The van der Waals surface area contributed by atoms with Crippen molar-refractivity contribution in [3.8, 4) is 0 Å². The molecule has 0 aromatic rings. The number of hydrogen-bond donors (Lipinski definition) is 3. The molecule has 0 rings (SSSR count). The molecule has 2 atom stereocenters. The first kappa shape index (κ1) is 63.1. The third kappa shape index (κ3) is 51.3. The summed E-state index contributed by atoms with van der Waals surface area (Å²) in [6.07, 6.45) is 67.3. The molecule has 0 aliphatic heterocycles. The maximum atomic E-state index is 12.5. The lowest BCUT2D eigenvalue weighted by molar-refractivity contribution is -0.143. The molecular formula is C59H111NO5. The summed E-state index contributed by atoms with van der Waals surface area (Å²) in [5.74, 6) is -0.0971. The van der Waals surface area contributed by atoms with Crippen LogP contribution in [-0.4, -0.2) is 47.4 Å². The standard InChI is InChI=1S/C59H111NO5/c1-3-5-7-9-11-13-15-17-18-19-20-21-24-28-31-35-39-43-47-51-57(62)56(55-61)60-58(63)52-48-44-40-36-32-29-25-22-23-26-30-34-38-42-46-50-54-65-59(64)53-49-45-41-37-33-27-16-14-12-10-8-6-4-2/h14,16,22,25,47,51,56-57,61-62H,3-13,15,17-21,23-24,26-46,48-50,52-55H2,1-2H3,(H,60,63)/b16-14-,25-22-,51-47+. The Bertz CT molecular complexity index is 1060. The van der Waals surface area contributed by atoms with Gasteiger partial charge in [0.2, 0.25) is 5.91 Å². The number of ether oxygens (including phenoxy) is 1. The molecule has 382 valence electrons. The van der Waals surface area contributed by atoms with Crippen molar-refractivity contribution in [2.45, 2.75) is 315 Å². The van der Waals surface area contributed by atoms with Gasteiger partial charge in [-0.05, 0) is 83.5 Å².